The summed E-state index contributed by atoms with van der Waals surface area (Å²) >= 11 is 0. The predicted octanol–water partition coefficient (Wildman–Crippen LogP) is 2.16. The highest BCUT2D eigenvalue weighted by molar-refractivity contribution is 5.74. The summed E-state index contributed by atoms with van der Waals surface area (Å²) in [5.74, 6) is -0.0252. The van der Waals surface area contributed by atoms with E-state index in [1.807, 2.05) is 0 Å². The zero-order valence-corrected chi connectivity index (χ0v) is 11.7. The lowest BCUT2D eigenvalue weighted by atomic mass is 10.2. The average molecular weight is 286 g/mol. The number of aryl methyl sites for hydroxylation is 2. The molecule has 0 aliphatic rings. The molecule has 0 aliphatic heterocycles. The van der Waals surface area contributed by atoms with E-state index in [9.17, 15) is 9.18 Å². The van der Waals surface area contributed by atoms with Gasteiger partial charge in [0.2, 0.25) is 0 Å². The Labute approximate surface area is 121 Å². The number of benzene rings is 1. The van der Waals surface area contributed by atoms with Crippen LogP contribution in [0.15, 0.2) is 46.3 Å². The largest absolute Gasteiger partial charge is 0.405 e. The topological polar surface area (TPSA) is 73.3 Å². The molecule has 6 heteroatoms. The van der Waals surface area contributed by atoms with Crippen LogP contribution in [0.2, 0.25) is 0 Å². The number of nitrogens with two attached hydrogens (primary N) is 1. The molecule has 2 aromatic rings. The van der Waals surface area contributed by atoms with Crippen molar-refractivity contribution in [3.63, 3.8) is 0 Å². The maximum Gasteiger partial charge on any atom is 0.258 e. The second-order valence-corrected chi connectivity index (χ2v) is 4.42. The molecular weight excluding hydrogens is 271 g/mol. The van der Waals surface area contributed by atoms with E-state index in [0.717, 1.165) is 0 Å². The number of hydrogen-bond donors (Lipinski definition) is 1. The van der Waals surface area contributed by atoms with Gasteiger partial charge in [-0.2, -0.15) is 0 Å². The van der Waals surface area contributed by atoms with Crippen molar-refractivity contribution in [2.75, 3.05) is 0 Å². The monoisotopic (exact) mass is 286 g/mol. The molecule has 0 atom stereocenters. The Morgan fingerprint density at radius 3 is 2.71 bits per heavy atom. The third-order valence-corrected chi connectivity index (χ3v) is 2.81. The summed E-state index contributed by atoms with van der Waals surface area (Å²) in [6, 6.07) is 5.78. The van der Waals surface area contributed by atoms with Crippen molar-refractivity contribution < 1.29 is 4.39 Å². The summed E-state index contributed by atoms with van der Waals surface area (Å²) in [6.07, 6.45) is 4.19. The van der Waals surface area contributed by atoms with Crippen LogP contribution >= 0.6 is 0 Å². The number of allylic oxidation sites excluding steroid dienone is 1. The number of rotatable bonds is 3. The Morgan fingerprint density at radius 2 is 2.10 bits per heavy atom. The lowest BCUT2D eigenvalue weighted by Crippen LogP contribution is -2.21. The third kappa shape index (κ3) is 3.22. The van der Waals surface area contributed by atoms with E-state index in [-0.39, 0.29) is 11.2 Å². The molecule has 0 amide bonds. The molecule has 0 radical (unpaired) electrons. The molecule has 0 unspecified atom stereocenters. The first-order chi connectivity index (χ1) is 10.0. The van der Waals surface area contributed by atoms with E-state index in [1.54, 1.807) is 19.9 Å². The van der Waals surface area contributed by atoms with Gasteiger partial charge >= 0.3 is 0 Å². The Kier molecular flexibility index (Phi) is 4.27. The number of nitrogens with zero attached hydrogens (tertiary/aromatic N) is 3. The van der Waals surface area contributed by atoms with Gasteiger partial charge < -0.3 is 5.73 Å². The van der Waals surface area contributed by atoms with Crippen LogP contribution in [0.4, 0.5) is 10.1 Å². The molecule has 0 fully saturated rings. The highest BCUT2D eigenvalue weighted by Crippen LogP contribution is 2.20. The van der Waals surface area contributed by atoms with Crippen LogP contribution in [-0.2, 0) is 0 Å². The fourth-order valence-electron chi connectivity index (χ4n) is 1.97. The van der Waals surface area contributed by atoms with Gasteiger partial charge in [-0.25, -0.2) is 9.37 Å². The fourth-order valence-corrected chi connectivity index (χ4v) is 1.97. The summed E-state index contributed by atoms with van der Waals surface area (Å²) in [5.41, 5.74) is 6.13. The minimum absolute atomic E-state index is 0.169. The first-order valence-electron chi connectivity index (χ1n) is 6.31. The third-order valence-electron chi connectivity index (χ3n) is 2.81. The van der Waals surface area contributed by atoms with Crippen molar-refractivity contribution in [3.05, 3.63) is 64.2 Å². The van der Waals surface area contributed by atoms with E-state index in [4.69, 9.17) is 5.73 Å². The molecular formula is C15H15FN4O. The van der Waals surface area contributed by atoms with Crippen LogP contribution in [0.5, 0.6) is 0 Å². The van der Waals surface area contributed by atoms with Gasteiger partial charge in [0.25, 0.3) is 5.56 Å². The number of hydrogen-bond acceptors (Lipinski definition) is 4. The standard InChI is InChI=1S/C15H15FN4O/c1-10-8-15(21)20(11(2)19-10)12-4-5-14(13(16)9-12)18-7-3-6-17/h3-9H,17H2,1-2H3. The molecule has 21 heavy (non-hydrogen) atoms. The zero-order chi connectivity index (χ0) is 15.4. The summed E-state index contributed by atoms with van der Waals surface area (Å²) < 4.78 is 15.4. The van der Waals surface area contributed by atoms with E-state index < -0.39 is 5.82 Å². The normalized spacial score (nSPS) is 11.6. The summed E-state index contributed by atoms with van der Waals surface area (Å²) in [4.78, 5) is 20.1. The van der Waals surface area contributed by atoms with Gasteiger partial charge in [0, 0.05) is 24.0 Å². The molecule has 0 bridgehead atoms. The SMILES string of the molecule is Cc1cc(=O)n(-c2ccc(N=CC=CN)c(F)c2)c(C)n1. The maximum absolute atomic E-state index is 14.0. The van der Waals surface area contributed by atoms with Crippen molar-refractivity contribution in [2.24, 2.45) is 10.7 Å². The van der Waals surface area contributed by atoms with Gasteiger partial charge in [0.15, 0.2) is 5.82 Å². The van der Waals surface area contributed by atoms with Crippen LogP contribution in [0.25, 0.3) is 5.69 Å². The van der Waals surface area contributed by atoms with Gasteiger partial charge in [-0.3, -0.25) is 14.4 Å². The van der Waals surface area contributed by atoms with Crippen molar-refractivity contribution in [3.8, 4) is 5.69 Å². The highest BCUT2D eigenvalue weighted by Gasteiger charge is 2.08. The molecule has 0 saturated carbocycles. The lowest BCUT2D eigenvalue weighted by Gasteiger charge is -2.10. The second kappa shape index (κ2) is 6.13. The van der Waals surface area contributed by atoms with Crippen molar-refractivity contribution in [2.45, 2.75) is 13.8 Å². The Morgan fingerprint density at radius 1 is 1.33 bits per heavy atom. The molecule has 0 aliphatic carbocycles. The molecule has 1 aromatic carbocycles. The van der Waals surface area contributed by atoms with Crippen molar-refractivity contribution >= 4 is 11.9 Å². The maximum atomic E-state index is 14.0. The van der Waals surface area contributed by atoms with Gasteiger partial charge in [0.1, 0.15) is 5.82 Å². The smallest absolute Gasteiger partial charge is 0.258 e. The Bertz CT molecular complexity index is 778. The number of aromatic nitrogens is 2. The number of halogens is 1. The van der Waals surface area contributed by atoms with Gasteiger partial charge in [0.05, 0.1) is 11.4 Å². The molecule has 108 valence electrons. The van der Waals surface area contributed by atoms with Crippen LogP contribution in [0, 0.1) is 19.7 Å². The van der Waals surface area contributed by atoms with Crippen LogP contribution in [-0.4, -0.2) is 15.8 Å². The summed E-state index contributed by atoms with van der Waals surface area (Å²) in [5, 5.41) is 0. The summed E-state index contributed by atoms with van der Waals surface area (Å²) in [7, 11) is 0. The Balaban J connectivity index is 2.48. The minimum atomic E-state index is -0.527. The van der Waals surface area contributed by atoms with E-state index in [1.165, 1.54) is 41.3 Å². The molecule has 1 heterocycles. The van der Waals surface area contributed by atoms with Crippen molar-refractivity contribution in [1.82, 2.24) is 9.55 Å². The average Bonchev–Trinajstić information content (AvgIpc) is 2.40. The quantitative estimate of drug-likeness (QED) is 0.879. The van der Waals surface area contributed by atoms with E-state index in [0.29, 0.717) is 17.2 Å². The first kappa shape index (κ1) is 14.6. The van der Waals surface area contributed by atoms with Crippen LogP contribution in [0.1, 0.15) is 11.5 Å². The van der Waals surface area contributed by atoms with Crippen LogP contribution < -0.4 is 11.3 Å². The summed E-state index contributed by atoms with van der Waals surface area (Å²) in [6.45, 7) is 3.44. The molecule has 5 nitrogen and oxygen atoms in total. The highest BCUT2D eigenvalue weighted by atomic mass is 19.1. The molecule has 1 aromatic heterocycles. The molecule has 0 saturated heterocycles. The van der Waals surface area contributed by atoms with Gasteiger partial charge in [-0.1, -0.05) is 0 Å². The first-order valence-corrected chi connectivity index (χ1v) is 6.31. The Hall–Kier alpha value is -2.76. The molecule has 0 spiro atoms. The van der Waals surface area contributed by atoms with Crippen molar-refractivity contribution in [1.29, 1.82) is 0 Å². The fraction of sp³-hybridized carbons (Fsp3) is 0.133. The predicted molar refractivity (Wildman–Crippen MR) is 80.7 cm³/mol. The number of aliphatic imine (C=N–C) groups is 1. The van der Waals surface area contributed by atoms with E-state index >= 15 is 0 Å². The molecule has 2 N–H and O–H groups in total. The lowest BCUT2D eigenvalue weighted by molar-refractivity contribution is 0.628. The second-order valence-electron chi connectivity index (χ2n) is 4.42. The van der Waals surface area contributed by atoms with Gasteiger partial charge in [-0.15, -0.1) is 0 Å². The minimum Gasteiger partial charge on any atom is -0.405 e. The van der Waals surface area contributed by atoms with E-state index in [2.05, 4.69) is 9.98 Å². The molecule has 2 rings (SSSR count). The zero-order valence-electron chi connectivity index (χ0n) is 11.7. The van der Waals surface area contributed by atoms with Crippen LogP contribution in [0.3, 0.4) is 0 Å². The van der Waals surface area contributed by atoms with Gasteiger partial charge in [-0.05, 0) is 38.3 Å².